The van der Waals surface area contributed by atoms with Gasteiger partial charge in [-0.1, -0.05) is 11.2 Å². The van der Waals surface area contributed by atoms with Gasteiger partial charge in [0.05, 0.1) is 12.8 Å². The van der Waals surface area contributed by atoms with Crippen LogP contribution in [0.2, 0.25) is 0 Å². The highest BCUT2D eigenvalue weighted by Crippen LogP contribution is 2.26. The van der Waals surface area contributed by atoms with Crippen LogP contribution in [-0.4, -0.2) is 24.2 Å². The summed E-state index contributed by atoms with van der Waals surface area (Å²) in [6.45, 7) is 5.51. The third-order valence-electron chi connectivity index (χ3n) is 3.00. The van der Waals surface area contributed by atoms with E-state index in [1.54, 1.807) is 27.0 Å². The minimum Gasteiger partial charge on any atom is -0.495 e. The van der Waals surface area contributed by atoms with Crippen LogP contribution in [-0.2, 0) is 4.79 Å². The number of anilines is 2. The van der Waals surface area contributed by atoms with Crippen molar-refractivity contribution >= 4 is 17.4 Å². The largest absolute Gasteiger partial charge is 0.495 e. The van der Waals surface area contributed by atoms with Crippen molar-refractivity contribution in [2.45, 2.75) is 26.8 Å². The van der Waals surface area contributed by atoms with Gasteiger partial charge in [0, 0.05) is 6.07 Å². The summed E-state index contributed by atoms with van der Waals surface area (Å²) in [4.78, 5) is 12.1. The maximum Gasteiger partial charge on any atom is 0.247 e. The standard InChI is InChI=1S/C15H19N3O3/c1-9-5-6-13(20-4)12(7-9)16-11(3)15(19)17-14-8-10(2)21-18-14/h5-8,11,16H,1-4H3,(H,17,18,19). The van der Waals surface area contributed by atoms with Gasteiger partial charge in [0.2, 0.25) is 5.91 Å². The number of aryl methyl sites for hydroxylation is 2. The molecule has 1 aromatic heterocycles. The van der Waals surface area contributed by atoms with Crippen LogP contribution in [0, 0.1) is 13.8 Å². The number of nitrogens with zero attached hydrogens (tertiary/aromatic N) is 1. The van der Waals surface area contributed by atoms with E-state index in [4.69, 9.17) is 9.26 Å². The van der Waals surface area contributed by atoms with E-state index in [1.807, 2.05) is 25.1 Å². The van der Waals surface area contributed by atoms with Crippen LogP contribution in [0.1, 0.15) is 18.2 Å². The van der Waals surface area contributed by atoms with E-state index in [2.05, 4.69) is 15.8 Å². The lowest BCUT2D eigenvalue weighted by Gasteiger charge is -2.17. The van der Waals surface area contributed by atoms with Crippen LogP contribution >= 0.6 is 0 Å². The van der Waals surface area contributed by atoms with Crippen molar-refractivity contribution < 1.29 is 14.1 Å². The lowest BCUT2D eigenvalue weighted by atomic mass is 10.2. The van der Waals surface area contributed by atoms with E-state index in [9.17, 15) is 4.79 Å². The van der Waals surface area contributed by atoms with Crippen molar-refractivity contribution in [1.29, 1.82) is 0 Å². The molecule has 0 spiro atoms. The molecule has 1 heterocycles. The highest BCUT2D eigenvalue weighted by atomic mass is 16.5. The molecule has 0 aliphatic carbocycles. The van der Waals surface area contributed by atoms with Crippen molar-refractivity contribution in [2.24, 2.45) is 0 Å². The van der Waals surface area contributed by atoms with Gasteiger partial charge in [-0.25, -0.2) is 0 Å². The number of amides is 1. The molecule has 6 heteroatoms. The number of hydrogen-bond acceptors (Lipinski definition) is 5. The molecule has 6 nitrogen and oxygen atoms in total. The summed E-state index contributed by atoms with van der Waals surface area (Å²) in [6, 6.07) is 6.97. The van der Waals surface area contributed by atoms with Gasteiger partial charge in [-0.2, -0.15) is 0 Å². The Morgan fingerprint density at radius 2 is 2.10 bits per heavy atom. The highest BCUT2D eigenvalue weighted by Gasteiger charge is 2.16. The molecule has 0 radical (unpaired) electrons. The Bertz CT molecular complexity index is 637. The zero-order valence-corrected chi connectivity index (χ0v) is 12.6. The molecule has 1 aromatic carbocycles. The second kappa shape index (κ2) is 6.30. The smallest absolute Gasteiger partial charge is 0.247 e. The van der Waals surface area contributed by atoms with Crippen LogP contribution in [0.4, 0.5) is 11.5 Å². The number of carbonyl (C=O) groups excluding carboxylic acids is 1. The Hall–Kier alpha value is -2.50. The predicted octanol–water partition coefficient (Wildman–Crippen LogP) is 2.74. The van der Waals surface area contributed by atoms with E-state index in [0.29, 0.717) is 17.3 Å². The molecule has 2 rings (SSSR count). The number of hydrogen-bond donors (Lipinski definition) is 2. The van der Waals surface area contributed by atoms with Crippen LogP contribution in [0.25, 0.3) is 0 Å². The van der Waals surface area contributed by atoms with Crippen molar-refractivity contribution in [3.63, 3.8) is 0 Å². The third kappa shape index (κ3) is 3.75. The molecule has 1 unspecified atom stereocenters. The molecule has 0 bridgehead atoms. The van der Waals surface area contributed by atoms with Crippen LogP contribution in [0.3, 0.4) is 0 Å². The molecule has 1 atom stereocenters. The second-order valence-corrected chi connectivity index (χ2v) is 4.88. The number of methoxy groups -OCH3 is 1. The lowest BCUT2D eigenvalue weighted by molar-refractivity contribution is -0.116. The molecule has 0 saturated heterocycles. The Balaban J connectivity index is 2.05. The van der Waals surface area contributed by atoms with E-state index in [-0.39, 0.29) is 5.91 Å². The number of carbonyl (C=O) groups is 1. The Morgan fingerprint density at radius 3 is 2.71 bits per heavy atom. The number of aromatic nitrogens is 1. The van der Waals surface area contributed by atoms with Crippen LogP contribution in [0.15, 0.2) is 28.8 Å². The fourth-order valence-electron chi connectivity index (χ4n) is 1.89. The number of benzene rings is 1. The zero-order chi connectivity index (χ0) is 15.4. The Kier molecular flexibility index (Phi) is 4.47. The van der Waals surface area contributed by atoms with E-state index < -0.39 is 6.04 Å². The summed E-state index contributed by atoms with van der Waals surface area (Å²) in [5, 5.41) is 9.55. The van der Waals surface area contributed by atoms with Gasteiger partial charge in [-0.3, -0.25) is 4.79 Å². The normalized spacial score (nSPS) is 11.8. The van der Waals surface area contributed by atoms with Crippen molar-refractivity contribution in [3.8, 4) is 5.75 Å². The first kappa shape index (κ1) is 14.9. The molecule has 112 valence electrons. The van der Waals surface area contributed by atoms with Crippen molar-refractivity contribution in [3.05, 3.63) is 35.6 Å². The maximum atomic E-state index is 12.1. The first-order chi connectivity index (χ1) is 9.99. The minimum absolute atomic E-state index is 0.202. The maximum absolute atomic E-state index is 12.1. The van der Waals surface area contributed by atoms with E-state index >= 15 is 0 Å². The quantitative estimate of drug-likeness (QED) is 0.885. The van der Waals surface area contributed by atoms with Gasteiger partial charge in [-0.05, 0) is 38.5 Å². The molecule has 2 N–H and O–H groups in total. The summed E-state index contributed by atoms with van der Waals surface area (Å²) >= 11 is 0. The van der Waals surface area contributed by atoms with Gasteiger partial charge in [0.25, 0.3) is 0 Å². The Morgan fingerprint density at radius 1 is 1.33 bits per heavy atom. The third-order valence-corrected chi connectivity index (χ3v) is 3.00. The summed E-state index contributed by atoms with van der Waals surface area (Å²) in [7, 11) is 1.60. The van der Waals surface area contributed by atoms with Gasteiger partial charge < -0.3 is 19.9 Å². The monoisotopic (exact) mass is 289 g/mol. The van der Waals surface area contributed by atoms with Gasteiger partial charge >= 0.3 is 0 Å². The highest BCUT2D eigenvalue weighted by molar-refractivity contribution is 5.95. The molecular weight excluding hydrogens is 270 g/mol. The molecule has 2 aromatic rings. The topological polar surface area (TPSA) is 76.4 Å². The summed E-state index contributed by atoms with van der Waals surface area (Å²) in [6.07, 6.45) is 0. The van der Waals surface area contributed by atoms with Crippen LogP contribution in [0.5, 0.6) is 5.75 Å². The van der Waals surface area contributed by atoms with Crippen molar-refractivity contribution in [1.82, 2.24) is 5.16 Å². The minimum atomic E-state index is -0.447. The lowest BCUT2D eigenvalue weighted by Crippen LogP contribution is -2.32. The van der Waals surface area contributed by atoms with Gasteiger partial charge in [0.1, 0.15) is 17.6 Å². The molecular formula is C15H19N3O3. The van der Waals surface area contributed by atoms with Gasteiger partial charge in [-0.15, -0.1) is 0 Å². The first-order valence-electron chi connectivity index (χ1n) is 6.65. The molecule has 1 amide bonds. The van der Waals surface area contributed by atoms with Crippen molar-refractivity contribution in [2.75, 3.05) is 17.7 Å². The molecule has 0 aliphatic heterocycles. The number of nitrogens with one attached hydrogen (secondary N) is 2. The molecule has 0 saturated carbocycles. The summed E-state index contributed by atoms with van der Waals surface area (Å²) in [5.41, 5.74) is 1.86. The number of ether oxygens (including phenoxy) is 1. The Labute approximate surface area is 123 Å². The molecule has 0 aliphatic rings. The first-order valence-corrected chi connectivity index (χ1v) is 6.65. The predicted molar refractivity (Wildman–Crippen MR) is 80.7 cm³/mol. The molecule has 21 heavy (non-hydrogen) atoms. The van der Waals surface area contributed by atoms with Gasteiger partial charge in [0.15, 0.2) is 5.82 Å². The second-order valence-electron chi connectivity index (χ2n) is 4.88. The summed E-state index contributed by atoms with van der Waals surface area (Å²) in [5.74, 6) is 1.54. The number of rotatable bonds is 5. The zero-order valence-electron chi connectivity index (χ0n) is 12.6. The average molecular weight is 289 g/mol. The fourth-order valence-corrected chi connectivity index (χ4v) is 1.89. The average Bonchev–Trinajstić information content (AvgIpc) is 2.84. The van der Waals surface area contributed by atoms with E-state index in [1.165, 1.54) is 0 Å². The van der Waals surface area contributed by atoms with Crippen LogP contribution < -0.4 is 15.4 Å². The SMILES string of the molecule is COc1ccc(C)cc1NC(C)C(=O)Nc1cc(C)on1. The summed E-state index contributed by atoms with van der Waals surface area (Å²) < 4.78 is 10.2. The molecule has 0 fully saturated rings. The van der Waals surface area contributed by atoms with E-state index in [0.717, 1.165) is 11.3 Å². The fraction of sp³-hybridized carbons (Fsp3) is 0.333.